The van der Waals surface area contributed by atoms with Crippen LogP contribution in [0.2, 0.25) is 0 Å². The third-order valence-electron chi connectivity index (χ3n) is 2.51. The minimum Gasteiger partial charge on any atom is -0.468 e. The molecule has 1 aromatic rings. The van der Waals surface area contributed by atoms with E-state index in [0.717, 1.165) is 6.20 Å². The maximum Gasteiger partial charge on any atom is 0.322 e. The third kappa shape index (κ3) is 4.79. The fourth-order valence-electron chi connectivity index (χ4n) is 1.67. The van der Waals surface area contributed by atoms with Crippen molar-refractivity contribution in [2.24, 2.45) is 5.92 Å². The van der Waals surface area contributed by atoms with Crippen LogP contribution in [0.4, 0.5) is 4.39 Å². The van der Waals surface area contributed by atoms with Crippen molar-refractivity contribution in [1.82, 2.24) is 10.3 Å². The van der Waals surface area contributed by atoms with E-state index in [4.69, 9.17) is 4.74 Å². The summed E-state index contributed by atoms with van der Waals surface area (Å²) in [7, 11) is 1.36. The highest BCUT2D eigenvalue weighted by atomic mass is 19.1. The van der Waals surface area contributed by atoms with Gasteiger partial charge in [-0.15, -0.1) is 0 Å². The van der Waals surface area contributed by atoms with Gasteiger partial charge in [0.25, 0.3) is 0 Å². The Morgan fingerprint density at radius 1 is 1.50 bits per heavy atom. The van der Waals surface area contributed by atoms with Crippen molar-refractivity contribution in [2.45, 2.75) is 32.9 Å². The van der Waals surface area contributed by atoms with Crippen molar-refractivity contribution in [3.63, 3.8) is 0 Å². The molecule has 1 rings (SSSR count). The first kappa shape index (κ1) is 14.6. The topological polar surface area (TPSA) is 51.2 Å². The molecule has 1 unspecified atom stereocenters. The summed E-state index contributed by atoms with van der Waals surface area (Å²) in [6.07, 6.45) is 3.39. The molecule has 0 aliphatic heterocycles. The molecule has 4 nitrogen and oxygen atoms in total. The van der Waals surface area contributed by atoms with Crippen LogP contribution in [0.5, 0.6) is 0 Å². The number of nitrogens with one attached hydrogen (secondary N) is 1. The van der Waals surface area contributed by atoms with Gasteiger partial charge < -0.3 is 10.1 Å². The highest BCUT2D eigenvalue weighted by Gasteiger charge is 2.19. The number of methoxy groups -OCH3 is 1. The Morgan fingerprint density at radius 3 is 2.78 bits per heavy atom. The summed E-state index contributed by atoms with van der Waals surface area (Å²) in [6.45, 7) is 4.44. The lowest BCUT2D eigenvalue weighted by Crippen LogP contribution is -2.38. The minimum atomic E-state index is -0.382. The molecule has 0 amide bonds. The maximum absolute atomic E-state index is 12.9. The first-order valence-corrected chi connectivity index (χ1v) is 5.93. The molecule has 1 N–H and O–H groups in total. The number of nitrogens with zero attached hydrogens (tertiary/aromatic N) is 1. The molecule has 5 heteroatoms. The van der Waals surface area contributed by atoms with E-state index in [1.54, 1.807) is 6.20 Å². The lowest BCUT2D eigenvalue weighted by molar-refractivity contribution is -0.143. The Balaban J connectivity index is 2.58. The Morgan fingerprint density at radius 2 is 2.22 bits per heavy atom. The molecular formula is C13H19FN2O2. The number of pyridine rings is 1. The fraction of sp³-hybridized carbons (Fsp3) is 0.538. The van der Waals surface area contributed by atoms with E-state index in [0.29, 0.717) is 24.4 Å². The number of halogens is 1. The number of esters is 1. The monoisotopic (exact) mass is 254 g/mol. The van der Waals surface area contributed by atoms with Gasteiger partial charge in [0.2, 0.25) is 0 Å². The number of hydrogen-bond acceptors (Lipinski definition) is 4. The standard InChI is InChI=1S/C13H19FN2O2/c1-9(2)4-12(13(17)18-3)16-7-10-5-11(14)8-15-6-10/h5-6,8-9,12,16H,4,7H2,1-3H3. The van der Waals surface area contributed by atoms with E-state index in [9.17, 15) is 9.18 Å². The molecule has 1 aromatic heterocycles. The van der Waals surface area contributed by atoms with Gasteiger partial charge >= 0.3 is 5.97 Å². The van der Waals surface area contributed by atoms with Gasteiger partial charge in [0.1, 0.15) is 11.9 Å². The van der Waals surface area contributed by atoms with Gasteiger partial charge in [-0.05, 0) is 24.0 Å². The number of rotatable bonds is 6. The van der Waals surface area contributed by atoms with Crippen LogP contribution in [-0.4, -0.2) is 24.1 Å². The summed E-state index contributed by atoms with van der Waals surface area (Å²) in [5.41, 5.74) is 0.702. The normalized spacial score (nSPS) is 12.5. The zero-order valence-electron chi connectivity index (χ0n) is 10.9. The van der Waals surface area contributed by atoms with Crippen LogP contribution in [0.25, 0.3) is 0 Å². The number of hydrogen-bond donors (Lipinski definition) is 1. The number of carbonyl (C=O) groups excluding carboxylic acids is 1. The van der Waals surface area contributed by atoms with Gasteiger partial charge in [-0.25, -0.2) is 4.39 Å². The second-order valence-electron chi connectivity index (χ2n) is 4.60. The molecule has 0 spiro atoms. The van der Waals surface area contributed by atoms with Crippen molar-refractivity contribution in [3.05, 3.63) is 29.8 Å². The molecule has 0 aromatic carbocycles. The first-order chi connectivity index (χ1) is 8.52. The van der Waals surface area contributed by atoms with E-state index in [-0.39, 0.29) is 17.8 Å². The molecule has 0 saturated carbocycles. The van der Waals surface area contributed by atoms with E-state index >= 15 is 0 Å². The predicted octanol–water partition coefficient (Wildman–Crippen LogP) is 1.90. The van der Waals surface area contributed by atoms with E-state index in [2.05, 4.69) is 10.3 Å². The van der Waals surface area contributed by atoms with Crippen LogP contribution in [0.1, 0.15) is 25.8 Å². The molecule has 100 valence electrons. The Hall–Kier alpha value is -1.49. The zero-order chi connectivity index (χ0) is 13.5. The Labute approximate surface area is 107 Å². The summed E-state index contributed by atoms with van der Waals surface area (Å²) in [6, 6.07) is 1.02. The average Bonchev–Trinajstić information content (AvgIpc) is 2.33. The van der Waals surface area contributed by atoms with Gasteiger partial charge in [0.05, 0.1) is 13.3 Å². The van der Waals surface area contributed by atoms with Crippen LogP contribution in [0, 0.1) is 11.7 Å². The molecule has 18 heavy (non-hydrogen) atoms. The van der Waals surface area contributed by atoms with Gasteiger partial charge in [0, 0.05) is 12.7 Å². The van der Waals surface area contributed by atoms with Gasteiger partial charge in [0.15, 0.2) is 0 Å². The highest BCUT2D eigenvalue weighted by molar-refractivity contribution is 5.75. The quantitative estimate of drug-likeness (QED) is 0.788. The van der Waals surface area contributed by atoms with Crippen LogP contribution < -0.4 is 5.32 Å². The second-order valence-corrected chi connectivity index (χ2v) is 4.60. The maximum atomic E-state index is 12.9. The van der Waals surface area contributed by atoms with Gasteiger partial charge in [-0.2, -0.15) is 0 Å². The molecule has 0 radical (unpaired) electrons. The lowest BCUT2D eigenvalue weighted by Gasteiger charge is -2.18. The highest BCUT2D eigenvalue weighted by Crippen LogP contribution is 2.08. The van der Waals surface area contributed by atoms with Crippen molar-refractivity contribution in [2.75, 3.05) is 7.11 Å². The van der Waals surface area contributed by atoms with Crippen LogP contribution >= 0.6 is 0 Å². The van der Waals surface area contributed by atoms with E-state index in [1.807, 2.05) is 13.8 Å². The Bertz CT molecular complexity index is 396. The molecule has 0 aliphatic carbocycles. The van der Waals surface area contributed by atoms with Crippen LogP contribution in [-0.2, 0) is 16.1 Å². The molecule has 0 fully saturated rings. The second kappa shape index (κ2) is 7.06. The van der Waals surface area contributed by atoms with Crippen LogP contribution in [0.3, 0.4) is 0 Å². The lowest BCUT2D eigenvalue weighted by atomic mass is 10.0. The smallest absolute Gasteiger partial charge is 0.322 e. The summed E-state index contributed by atoms with van der Waals surface area (Å²) >= 11 is 0. The third-order valence-corrected chi connectivity index (χ3v) is 2.51. The first-order valence-electron chi connectivity index (χ1n) is 5.93. The largest absolute Gasteiger partial charge is 0.468 e. The van der Waals surface area contributed by atoms with Crippen molar-refractivity contribution in [1.29, 1.82) is 0 Å². The fourth-order valence-corrected chi connectivity index (χ4v) is 1.67. The van der Waals surface area contributed by atoms with Crippen molar-refractivity contribution >= 4 is 5.97 Å². The van der Waals surface area contributed by atoms with E-state index < -0.39 is 0 Å². The van der Waals surface area contributed by atoms with Crippen molar-refractivity contribution in [3.8, 4) is 0 Å². The van der Waals surface area contributed by atoms with Gasteiger partial charge in [-0.1, -0.05) is 13.8 Å². The molecule has 0 bridgehead atoms. The van der Waals surface area contributed by atoms with Crippen molar-refractivity contribution < 1.29 is 13.9 Å². The number of carbonyl (C=O) groups is 1. The summed E-state index contributed by atoms with van der Waals surface area (Å²) in [5, 5.41) is 3.06. The SMILES string of the molecule is COC(=O)C(CC(C)C)NCc1cncc(F)c1. The number of ether oxygens (including phenoxy) is 1. The average molecular weight is 254 g/mol. The minimum absolute atomic E-state index is 0.298. The molecule has 1 heterocycles. The molecule has 0 aliphatic rings. The van der Waals surface area contributed by atoms with E-state index in [1.165, 1.54) is 13.2 Å². The molecular weight excluding hydrogens is 235 g/mol. The predicted molar refractivity (Wildman–Crippen MR) is 66.3 cm³/mol. The van der Waals surface area contributed by atoms with Crippen LogP contribution in [0.15, 0.2) is 18.5 Å². The summed E-state index contributed by atoms with van der Waals surface area (Å²) in [4.78, 5) is 15.3. The molecule has 0 saturated heterocycles. The summed E-state index contributed by atoms with van der Waals surface area (Å²) < 4.78 is 17.7. The van der Waals surface area contributed by atoms with Gasteiger partial charge in [-0.3, -0.25) is 9.78 Å². The zero-order valence-corrected chi connectivity index (χ0v) is 10.9. The Kier molecular flexibility index (Phi) is 5.71. The molecule has 1 atom stereocenters. The number of aromatic nitrogens is 1. The summed E-state index contributed by atoms with van der Waals surface area (Å²) in [5.74, 6) is -0.312.